The van der Waals surface area contributed by atoms with E-state index in [1.165, 1.54) is 6.20 Å². The third-order valence-electron chi connectivity index (χ3n) is 3.70. The molecule has 3 aromatic rings. The smallest absolute Gasteiger partial charge is 0.387 e. The van der Waals surface area contributed by atoms with Crippen LogP contribution in [0.1, 0.15) is 26.4 Å². The first-order chi connectivity index (χ1) is 13.9. The molecule has 0 bridgehead atoms. The summed E-state index contributed by atoms with van der Waals surface area (Å²) in [4.78, 5) is 16.9. The number of carbonyl (C=O) groups is 1. The number of nitrogens with zero attached hydrogens (tertiary/aromatic N) is 2. The van der Waals surface area contributed by atoms with Crippen LogP contribution >= 0.6 is 11.3 Å². The van der Waals surface area contributed by atoms with Gasteiger partial charge < -0.3 is 4.74 Å². The van der Waals surface area contributed by atoms with Crippen LogP contribution in [-0.4, -0.2) is 17.5 Å². The highest BCUT2D eigenvalue weighted by atomic mass is 32.1. The van der Waals surface area contributed by atoms with Crippen molar-refractivity contribution in [3.8, 4) is 11.8 Å². The number of alkyl halides is 2. The summed E-state index contributed by atoms with van der Waals surface area (Å²) in [6.07, 6.45) is 1.99. The van der Waals surface area contributed by atoms with Gasteiger partial charge in [-0.05, 0) is 17.7 Å². The number of carbonyl (C=O) groups excluding carboxylic acids is 1. The van der Waals surface area contributed by atoms with Crippen LogP contribution in [-0.2, 0) is 6.42 Å². The van der Waals surface area contributed by atoms with E-state index >= 15 is 0 Å². The third kappa shape index (κ3) is 5.08. The van der Waals surface area contributed by atoms with Gasteiger partial charge >= 0.3 is 6.61 Å². The van der Waals surface area contributed by atoms with Gasteiger partial charge in [-0.1, -0.05) is 12.1 Å². The van der Waals surface area contributed by atoms with Crippen LogP contribution in [0.15, 0.2) is 42.6 Å². The lowest BCUT2D eigenvalue weighted by Gasteiger charge is -2.08. The predicted octanol–water partition coefficient (Wildman–Crippen LogP) is 4.74. The molecule has 0 aliphatic heterocycles. The molecule has 0 aliphatic carbocycles. The minimum atomic E-state index is -3.25. The average Bonchev–Trinajstić information content (AvgIpc) is 3.08. The van der Waals surface area contributed by atoms with Gasteiger partial charge in [0.25, 0.3) is 5.91 Å². The standard InChI is InChI=1S/C19H11F4N3O2S/c20-14-6-12(28-18(22)23)7-15(21)16(14)17(27)26-19-25-9-13(29-19)5-10-1-3-11(8-24)4-2-10/h1-4,6-7,9,18H,5H2,(H,25,26,27). The second-order valence-corrected chi connectivity index (χ2v) is 6.83. The lowest BCUT2D eigenvalue weighted by atomic mass is 10.1. The summed E-state index contributed by atoms with van der Waals surface area (Å²) >= 11 is 1.11. The number of hydrogen-bond acceptors (Lipinski definition) is 5. The van der Waals surface area contributed by atoms with E-state index in [2.05, 4.69) is 15.0 Å². The number of hydrogen-bond donors (Lipinski definition) is 1. The fourth-order valence-electron chi connectivity index (χ4n) is 2.44. The Kier molecular flexibility index (Phi) is 6.09. The van der Waals surface area contributed by atoms with Crippen molar-refractivity contribution in [2.45, 2.75) is 13.0 Å². The van der Waals surface area contributed by atoms with E-state index < -0.39 is 35.5 Å². The number of nitrogens with one attached hydrogen (secondary N) is 1. The van der Waals surface area contributed by atoms with Crippen LogP contribution in [0.2, 0.25) is 0 Å². The van der Waals surface area contributed by atoms with Crippen LogP contribution < -0.4 is 10.1 Å². The number of ether oxygens (including phenoxy) is 1. The quantitative estimate of drug-likeness (QED) is 0.584. The number of thiazole rings is 1. The molecule has 1 amide bonds. The molecule has 2 aromatic carbocycles. The molecule has 5 nitrogen and oxygen atoms in total. The second kappa shape index (κ2) is 8.70. The van der Waals surface area contributed by atoms with Gasteiger partial charge in [0, 0.05) is 29.6 Å². The Balaban J connectivity index is 1.70. The molecule has 0 unspecified atom stereocenters. The molecule has 1 N–H and O–H groups in total. The van der Waals surface area contributed by atoms with Crippen LogP contribution in [0.4, 0.5) is 22.7 Å². The molecule has 0 atom stereocenters. The van der Waals surface area contributed by atoms with Crippen molar-refractivity contribution in [3.63, 3.8) is 0 Å². The Morgan fingerprint density at radius 1 is 1.21 bits per heavy atom. The van der Waals surface area contributed by atoms with Crippen molar-refractivity contribution in [3.05, 3.63) is 75.8 Å². The number of benzene rings is 2. The lowest BCUT2D eigenvalue weighted by molar-refractivity contribution is -0.0501. The zero-order valence-electron chi connectivity index (χ0n) is 14.5. The Hall–Kier alpha value is -3.45. The Bertz CT molecular complexity index is 1050. The highest BCUT2D eigenvalue weighted by Crippen LogP contribution is 2.25. The first-order valence-corrected chi connectivity index (χ1v) is 8.86. The second-order valence-electron chi connectivity index (χ2n) is 5.71. The van der Waals surface area contributed by atoms with Crippen LogP contribution in [0.5, 0.6) is 5.75 Å². The summed E-state index contributed by atoms with van der Waals surface area (Å²) in [5.41, 5.74) is 0.507. The minimum absolute atomic E-state index is 0.116. The van der Waals surface area contributed by atoms with E-state index in [0.29, 0.717) is 24.1 Å². The molecule has 0 saturated heterocycles. The third-order valence-corrected chi connectivity index (χ3v) is 4.62. The zero-order chi connectivity index (χ0) is 21.0. The van der Waals surface area contributed by atoms with Gasteiger partial charge in [-0.15, -0.1) is 11.3 Å². The first kappa shape index (κ1) is 20.3. The van der Waals surface area contributed by atoms with Crippen LogP contribution in [0.3, 0.4) is 0 Å². The van der Waals surface area contributed by atoms with Gasteiger partial charge in [0.05, 0.1) is 11.6 Å². The molecule has 0 radical (unpaired) electrons. The molecule has 0 fully saturated rings. The number of halogens is 4. The van der Waals surface area contributed by atoms with Gasteiger partial charge in [0.15, 0.2) is 5.13 Å². The zero-order valence-corrected chi connectivity index (χ0v) is 15.3. The Labute approximate surface area is 166 Å². The molecular formula is C19H11F4N3O2S. The maximum atomic E-state index is 14.0. The minimum Gasteiger partial charge on any atom is -0.435 e. The monoisotopic (exact) mass is 421 g/mol. The number of aromatic nitrogens is 1. The summed E-state index contributed by atoms with van der Waals surface area (Å²) in [6, 6.07) is 9.93. The molecule has 1 heterocycles. The normalized spacial score (nSPS) is 10.6. The van der Waals surface area contributed by atoms with Gasteiger partial charge in [0.2, 0.25) is 0 Å². The summed E-state index contributed by atoms with van der Waals surface area (Å²) < 4.78 is 56.3. The van der Waals surface area contributed by atoms with Gasteiger partial charge in [-0.2, -0.15) is 14.0 Å². The topological polar surface area (TPSA) is 75.0 Å². The Morgan fingerprint density at radius 2 is 1.86 bits per heavy atom. The van der Waals surface area contributed by atoms with Crippen LogP contribution in [0, 0.1) is 23.0 Å². The highest BCUT2D eigenvalue weighted by molar-refractivity contribution is 7.15. The number of rotatable bonds is 6. The molecule has 3 rings (SSSR count). The fraction of sp³-hybridized carbons (Fsp3) is 0.105. The highest BCUT2D eigenvalue weighted by Gasteiger charge is 2.21. The van der Waals surface area contributed by atoms with E-state index in [4.69, 9.17) is 5.26 Å². The summed E-state index contributed by atoms with van der Waals surface area (Å²) in [5, 5.41) is 11.2. The molecule has 1 aromatic heterocycles. The van der Waals surface area contributed by atoms with E-state index in [0.717, 1.165) is 21.8 Å². The number of amides is 1. The van der Waals surface area contributed by atoms with Crippen molar-refractivity contribution in [1.82, 2.24) is 4.98 Å². The summed E-state index contributed by atoms with van der Waals surface area (Å²) in [7, 11) is 0. The largest absolute Gasteiger partial charge is 0.435 e. The molecule has 0 spiro atoms. The van der Waals surface area contributed by atoms with Crippen molar-refractivity contribution in [1.29, 1.82) is 5.26 Å². The maximum Gasteiger partial charge on any atom is 0.387 e. The van der Waals surface area contributed by atoms with Gasteiger partial charge in [-0.3, -0.25) is 10.1 Å². The molecule has 0 saturated carbocycles. The summed E-state index contributed by atoms with van der Waals surface area (Å²) in [5.74, 6) is -4.52. The molecule has 10 heteroatoms. The first-order valence-electron chi connectivity index (χ1n) is 8.04. The molecule has 148 valence electrons. The fourth-order valence-corrected chi connectivity index (χ4v) is 3.28. The predicted molar refractivity (Wildman–Crippen MR) is 97.0 cm³/mol. The van der Waals surface area contributed by atoms with E-state index in [1.807, 2.05) is 6.07 Å². The molecule has 0 aliphatic rings. The number of anilines is 1. The molecular weight excluding hydrogens is 410 g/mol. The van der Waals surface area contributed by atoms with Crippen molar-refractivity contribution >= 4 is 22.4 Å². The maximum absolute atomic E-state index is 14.0. The van der Waals surface area contributed by atoms with Gasteiger partial charge in [-0.25, -0.2) is 13.8 Å². The van der Waals surface area contributed by atoms with Gasteiger partial charge in [0.1, 0.15) is 22.9 Å². The van der Waals surface area contributed by atoms with E-state index in [-0.39, 0.29) is 5.13 Å². The summed E-state index contributed by atoms with van der Waals surface area (Å²) in [6.45, 7) is -3.25. The Morgan fingerprint density at radius 3 is 2.45 bits per heavy atom. The van der Waals surface area contributed by atoms with Crippen LogP contribution in [0.25, 0.3) is 0 Å². The van der Waals surface area contributed by atoms with Crippen molar-refractivity contribution < 1.29 is 27.1 Å². The van der Waals surface area contributed by atoms with Crippen molar-refractivity contribution in [2.75, 3.05) is 5.32 Å². The van der Waals surface area contributed by atoms with E-state index in [1.54, 1.807) is 24.3 Å². The molecule has 29 heavy (non-hydrogen) atoms. The van der Waals surface area contributed by atoms with Crippen molar-refractivity contribution in [2.24, 2.45) is 0 Å². The average molecular weight is 421 g/mol. The lowest BCUT2D eigenvalue weighted by Crippen LogP contribution is -2.16. The SMILES string of the molecule is N#Cc1ccc(Cc2cnc(NC(=O)c3c(F)cc(OC(F)F)cc3F)s2)cc1. The number of nitriles is 1. The van der Waals surface area contributed by atoms with E-state index in [9.17, 15) is 22.4 Å².